The van der Waals surface area contributed by atoms with Crippen molar-refractivity contribution >= 4 is 113 Å². The van der Waals surface area contributed by atoms with Crippen molar-refractivity contribution in [3.63, 3.8) is 0 Å². The van der Waals surface area contributed by atoms with Gasteiger partial charge in [-0.25, -0.2) is 58.6 Å². The van der Waals surface area contributed by atoms with Crippen LogP contribution in [0.4, 0.5) is 22.7 Å². The fraction of sp³-hybridized carbons (Fsp3) is 0.323. The summed E-state index contributed by atoms with van der Waals surface area (Å²) in [4.78, 5) is 88.3. The van der Waals surface area contributed by atoms with Gasteiger partial charge in [-0.1, -0.05) is 130 Å². The van der Waals surface area contributed by atoms with Crippen LogP contribution in [0, 0.1) is 55.4 Å². The maximum atomic E-state index is 13.8. The van der Waals surface area contributed by atoms with Gasteiger partial charge in [0.15, 0.2) is 28.0 Å². The molecular weight excluding hydrogens is 1760 g/mol. The molecule has 0 saturated carbocycles. The number of fused-ring (bicyclic) bond motifs is 8. The minimum atomic E-state index is -3.75. The van der Waals surface area contributed by atoms with Crippen molar-refractivity contribution in [1.29, 1.82) is 0 Å². The number of aromatic nitrogens is 13. The summed E-state index contributed by atoms with van der Waals surface area (Å²) in [7, 11) is -1.62. The van der Waals surface area contributed by atoms with E-state index >= 15 is 0 Å². The fourth-order valence-corrected chi connectivity index (χ4v) is 21.9. The Morgan fingerprint density at radius 1 is 0.426 bits per heavy atom. The number of aromatic amines is 1. The zero-order chi connectivity index (χ0) is 92.4. The summed E-state index contributed by atoms with van der Waals surface area (Å²) in [5.74, 6) is 0. The third kappa shape index (κ3) is 19.2. The molecule has 2 atom stereocenters. The molecule has 674 valence electrons. The van der Waals surface area contributed by atoms with Crippen LogP contribution >= 0.6 is 15.9 Å². The van der Waals surface area contributed by atoms with Crippen molar-refractivity contribution in [3.8, 4) is 0 Å². The maximum absolute atomic E-state index is 13.8. The molecule has 0 aliphatic carbocycles. The Balaban J connectivity index is 0.000000130. The number of anilines is 4. The topological polar surface area (TPSA) is 334 Å². The summed E-state index contributed by atoms with van der Waals surface area (Å²) in [6, 6.07) is 54.2. The number of nitrogens with one attached hydrogen (secondary N) is 3. The highest BCUT2D eigenvalue weighted by Crippen LogP contribution is 2.40. The molecule has 4 aliphatic rings. The smallest absolute Gasteiger partial charge is 0.332 e. The van der Waals surface area contributed by atoms with Crippen LogP contribution in [0.2, 0.25) is 0 Å². The average Bonchev–Trinajstić information content (AvgIpc) is 1.69. The molecule has 11 heterocycles. The molecule has 3 N–H and O–H groups in total. The van der Waals surface area contributed by atoms with E-state index in [4.69, 9.17) is 0 Å². The summed E-state index contributed by atoms with van der Waals surface area (Å²) < 4.78 is 95.2. The van der Waals surface area contributed by atoms with Gasteiger partial charge in [0.1, 0.15) is 5.52 Å². The number of hydrogen-bond donors (Lipinski definition) is 3. The zero-order valence-electron chi connectivity index (χ0n) is 74.9. The largest absolute Gasteiger partial charge is 0.384 e. The van der Waals surface area contributed by atoms with Gasteiger partial charge in [-0.2, -0.15) is 0 Å². The Bertz CT molecular complexity index is 7550. The van der Waals surface area contributed by atoms with E-state index in [0.29, 0.717) is 94.6 Å². The van der Waals surface area contributed by atoms with Gasteiger partial charge >= 0.3 is 17.1 Å². The van der Waals surface area contributed by atoms with E-state index < -0.39 is 41.3 Å². The highest BCUT2D eigenvalue weighted by atomic mass is 79.9. The van der Waals surface area contributed by atoms with E-state index in [-0.39, 0.29) is 33.4 Å². The third-order valence-corrected chi connectivity index (χ3v) is 30.1. The van der Waals surface area contributed by atoms with Crippen LogP contribution < -0.4 is 53.0 Å². The van der Waals surface area contributed by atoms with Crippen LogP contribution in [0.25, 0.3) is 44.4 Å². The van der Waals surface area contributed by atoms with Gasteiger partial charge in [0.05, 0.1) is 50.6 Å². The zero-order valence-corrected chi connectivity index (χ0v) is 79.0. The third-order valence-electron chi connectivity index (χ3n) is 24.1. The lowest BCUT2D eigenvalue weighted by Crippen LogP contribution is -2.38. The molecule has 0 bridgehead atoms. The fourth-order valence-electron chi connectivity index (χ4n) is 16.9. The van der Waals surface area contributed by atoms with Crippen molar-refractivity contribution in [2.75, 3.05) is 37.7 Å². The van der Waals surface area contributed by atoms with Crippen molar-refractivity contribution < 1.29 is 25.3 Å². The molecule has 7 aromatic heterocycles. The number of alkyl halides is 1. The molecule has 0 fully saturated rings. The molecule has 33 heteroatoms. The number of hydrogen-bond acceptors (Lipinski definition) is 17. The van der Waals surface area contributed by atoms with E-state index in [1.54, 1.807) is 79.1 Å². The van der Waals surface area contributed by atoms with Gasteiger partial charge in [0, 0.05) is 108 Å². The number of sulfonamides is 2. The first-order chi connectivity index (χ1) is 61.4. The van der Waals surface area contributed by atoms with Crippen LogP contribution in [-0.2, 0) is 118 Å². The monoisotopic (exact) mass is 1870 g/mol. The van der Waals surface area contributed by atoms with E-state index in [1.807, 2.05) is 143 Å². The Morgan fingerprint density at radius 2 is 0.891 bits per heavy atom. The number of halogens is 1. The van der Waals surface area contributed by atoms with Crippen molar-refractivity contribution in [1.82, 2.24) is 60.4 Å². The molecule has 29 nitrogen and oxygen atoms in total. The first kappa shape index (κ1) is 92.5. The van der Waals surface area contributed by atoms with E-state index in [2.05, 4.69) is 96.7 Å². The number of H-pyrrole nitrogens is 1. The Labute approximate surface area is 756 Å². The minimum Gasteiger partial charge on any atom is -0.384 e. The van der Waals surface area contributed by atoms with E-state index in [9.17, 15) is 54.0 Å². The van der Waals surface area contributed by atoms with Gasteiger partial charge < -0.3 is 24.8 Å². The molecule has 0 radical (unpaired) electrons. The van der Waals surface area contributed by atoms with Crippen LogP contribution in [0.5, 0.6) is 0 Å². The first-order valence-corrected chi connectivity index (χ1v) is 48.3. The average molecular weight is 1870 g/mol. The second-order valence-corrected chi connectivity index (χ2v) is 40.0. The van der Waals surface area contributed by atoms with Crippen molar-refractivity contribution in [2.45, 2.75) is 159 Å². The van der Waals surface area contributed by atoms with Crippen LogP contribution in [0.3, 0.4) is 0 Å². The summed E-state index contributed by atoms with van der Waals surface area (Å²) in [5.41, 5.74) is 19.7. The lowest BCUT2D eigenvalue weighted by Gasteiger charge is -2.27. The second kappa shape index (κ2) is 38.3. The number of rotatable bonds is 17. The highest BCUT2D eigenvalue weighted by Gasteiger charge is 2.39. The summed E-state index contributed by atoms with van der Waals surface area (Å²) in [6.45, 7) is 18.8. The highest BCUT2D eigenvalue weighted by molar-refractivity contribution is 9.09. The van der Waals surface area contributed by atoms with Crippen molar-refractivity contribution in [3.05, 3.63) is 324 Å². The van der Waals surface area contributed by atoms with Gasteiger partial charge in [0.25, 0.3) is 46.7 Å². The Morgan fingerprint density at radius 3 is 1.46 bits per heavy atom. The Kier molecular flexibility index (Phi) is 27.4. The van der Waals surface area contributed by atoms with Gasteiger partial charge in [-0.15, -0.1) is 0 Å². The number of nitrogens with zero attached hydrogens (tertiary/aromatic N) is 14. The molecule has 129 heavy (non-hydrogen) atoms. The lowest BCUT2D eigenvalue weighted by atomic mass is 10.1. The van der Waals surface area contributed by atoms with E-state index in [0.717, 1.165) is 130 Å². The molecule has 15 aromatic rings. The van der Waals surface area contributed by atoms with Crippen LogP contribution in [0.15, 0.2) is 232 Å². The van der Waals surface area contributed by atoms with Gasteiger partial charge in [0.2, 0.25) is 0 Å². The number of aryl methyl sites for hydroxylation is 14. The van der Waals surface area contributed by atoms with Crippen LogP contribution in [-0.4, -0.2) is 116 Å². The molecule has 8 aromatic carbocycles. The second-order valence-electron chi connectivity index (χ2n) is 33.7. The summed E-state index contributed by atoms with van der Waals surface area (Å²) in [5, 5.41) is 8.74. The molecule has 0 amide bonds. The molecule has 4 aliphatic heterocycles. The van der Waals surface area contributed by atoms with Crippen molar-refractivity contribution in [2.24, 2.45) is 42.3 Å². The lowest BCUT2D eigenvalue weighted by molar-refractivity contribution is 0.534. The quantitative estimate of drug-likeness (QED) is 0.0713. The number of benzene rings is 8. The van der Waals surface area contributed by atoms with Gasteiger partial charge in [-0.3, -0.25) is 50.4 Å². The van der Waals surface area contributed by atoms with Crippen LogP contribution in [0.1, 0.15) is 105 Å². The molecule has 0 saturated heterocycles. The van der Waals surface area contributed by atoms with Gasteiger partial charge in [-0.05, 0) is 242 Å². The summed E-state index contributed by atoms with van der Waals surface area (Å²) in [6.07, 6.45) is 13.0. The summed E-state index contributed by atoms with van der Waals surface area (Å²) >= 11 is 3.43. The van der Waals surface area contributed by atoms with E-state index in [1.165, 1.54) is 89.5 Å². The Hall–Kier alpha value is -12.7. The predicted octanol–water partition coefficient (Wildman–Crippen LogP) is 13.0. The minimum absolute atomic E-state index is 0.241. The first-order valence-electron chi connectivity index (χ1n) is 42.8. The standard InChI is InChI=1S/C26H29N5O4S.C19H20BrNO2S.C19H23N5O2.C16H17NO2S.C9H11N.C7H8N4O2/c1-17-8-11-21(12-9-17)36(34,35)31-20(15-19-10-7-18(2)14-22(19)31)6-5-13-30-16-27-24-23(30)25(32)29(4)26(33)28(24)3;1-14-6-9-18(10-7-14)24(22,23)21-17(4-3-11-20)13-16-8-5-15(2)12-19(16)21;1-12-6-7-13-10-14(21-15(13)9-12)5-4-8-24-11-20-17-16(24)18(25)23(3)19(26)22(17)2;1-12-4-7-15(8-5-12)20(18,19)17-10-9-14-6-3-13(2)11-16(14)17;1-7-2-3-8-4-5-10-9(8)6-7;1-10-5-4(8-3-9-5)6(12)11(2)7(10)13/h7-12,14,16,20H,5-6,13,15H2,1-4H3;5-10,12-13H,3-4,11H2,1-2H3;6-7,9,11,14,21H,4-5,8,10H2,1-3H3;3-8,11H,9-10H2,1-2H3;2-3,6,10H,4-5H2,1H3;3H,1-2H3,(H,8,9). The molecule has 0 spiro atoms. The normalized spacial score (nSPS) is 14.3. The molecule has 19 rings (SSSR count). The maximum Gasteiger partial charge on any atom is 0.332 e. The predicted molar refractivity (Wildman–Crippen MR) is 514 cm³/mol. The number of imidazole rings is 3. The SMILES string of the molecule is Cc1ccc(S(=O)(=O)N2CCc3ccc(C)cc32)cc1.Cc1ccc(S(=O)(=O)N2c3cc(C)ccc3CC2CCCn2cnc3c2c(=O)n(C)c(=O)n3C)cc1.Cc1ccc(S(=O)(=O)n2c(CCCBr)cc3ccc(C)cc32)cc1.Cc1ccc2c(c1)NC(CCCn1cnc3c1c(=O)n(C)c(=O)n3C)C2.Cc1ccc2c(c1)NCC2.Cn1c(=O)c2[nH]cnc2n(C)c1=O. The molecular formula is C96H108BrN17O12S3. The molecule has 2 unspecified atom stereocenters.